The van der Waals surface area contributed by atoms with Crippen LogP contribution in [-0.2, 0) is 9.53 Å². The number of rotatable bonds is 11. The first kappa shape index (κ1) is 24.9. The van der Waals surface area contributed by atoms with E-state index in [0.29, 0.717) is 12.3 Å². The van der Waals surface area contributed by atoms with Crippen LogP contribution in [0.2, 0.25) is 0 Å². The molecule has 1 aliphatic rings. The minimum absolute atomic E-state index is 0.0262. The van der Waals surface area contributed by atoms with Crippen molar-refractivity contribution in [2.45, 2.75) is 124 Å². The topological polar surface area (TPSA) is 26.3 Å². The van der Waals surface area contributed by atoms with Crippen molar-refractivity contribution in [3.05, 3.63) is 0 Å². The van der Waals surface area contributed by atoms with Gasteiger partial charge in [-0.1, -0.05) is 74.7 Å². The molecule has 1 saturated carbocycles. The molecule has 0 saturated heterocycles. The standard InChI is InChI=1S/C24H46O2S/c1-10-15-24(12-3,19(11-2)16-18-13-14-18)26-20(25)23(9,21(4,5)6)17-22(7,8)27/h18-19,27H,10-17H2,1-9H3. The molecule has 0 aliphatic heterocycles. The van der Waals surface area contributed by atoms with Gasteiger partial charge in [0.25, 0.3) is 0 Å². The largest absolute Gasteiger partial charge is 0.458 e. The van der Waals surface area contributed by atoms with E-state index in [-0.39, 0.29) is 21.7 Å². The minimum Gasteiger partial charge on any atom is -0.458 e. The van der Waals surface area contributed by atoms with Crippen molar-refractivity contribution >= 4 is 18.6 Å². The molecular weight excluding hydrogens is 352 g/mol. The number of esters is 1. The van der Waals surface area contributed by atoms with Crippen LogP contribution in [0.4, 0.5) is 0 Å². The maximum absolute atomic E-state index is 13.7. The average molecular weight is 399 g/mol. The Morgan fingerprint density at radius 1 is 1.07 bits per heavy atom. The summed E-state index contributed by atoms with van der Waals surface area (Å²) in [5.41, 5.74) is -1.07. The summed E-state index contributed by atoms with van der Waals surface area (Å²) in [6.07, 6.45) is 8.62. The summed E-state index contributed by atoms with van der Waals surface area (Å²) in [5.74, 6) is 1.29. The maximum atomic E-state index is 13.7. The fraction of sp³-hybridized carbons (Fsp3) is 0.958. The number of hydrogen-bond acceptors (Lipinski definition) is 3. The summed E-state index contributed by atoms with van der Waals surface area (Å²) in [6.45, 7) is 19.4. The average Bonchev–Trinajstić information content (AvgIpc) is 3.33. The van der Waals surface area contributed by atoms with Gasteiger partial charge in [0.15, 0.2) is 0 Å². The van der Waals surface area contributed by atoms with Crippen molar-refractivity contribution in [3.8, 4) is 0 Å². The molecule has 0 aromatic carbocycles. The number of carbonyl (C=O) groups excluding carboxylic acids is 1. The monoisotopic (exact) mass is 398 g/mol. The number of ether oxygens (including phenoxy) is 1. The Kier molecular flexibility index (Phi) is 8.37. The van der Waals surface area contributed by atoms with Crippen LogP contribution < -0.4 is 0 Å². The van der Waals surface area contributed by atoms with Crippen molar-refractivity contribution in [3.63, 3.8) is 0 Å². The minimum atomic E-state index is -0.565. The fourth-order valence-electron chi connectivity index (χ4n) is 4.61. The van der Waals surface area contributed by atoms with Gasteiger partial charge in [-0.25, -0.2) is 0 Å². The Morgan fingerprint density at radius 3 is 1.96 bits per heavy atom. The lowest BCUT2D eigenvalue weighted by atomic mass is 9.63. The van der Waals surface area contributed by atoms with Crippen molar-refractivity contribution in [2.24, 2.45) is 22.7 Å². The second kappa shape index (κ2) is 9.09. The number of hydrogen-bond donors (Lipinski definition) is 1. The lowest BCUT2D eigenvalue weighted by Crippen LogP contribution is -2.51. The molecule has 1 fully saturated rings. The first-order valence-electron chi connectivity index (χ1n) is 11.2. The summed E-state index contributed by atoms with van der Waals surface area (Å²) in [4.78, 5) is 13.7. The van der Waals surface area contributed by atoms with Gasteiger partial charge in [0.2, 0.25) is 0 Å². The van der Waals surface area contributed by atoms with E-state index < -0.39 is 5.41 Å². The molecular formula is C24H46O2S. The van der Waals surface area contributed by atoms with Gasteiger partial charge in [-0.15, -0.1) is 0 Å². The summed E-state index contributed by atoms with van der Waals surface area (Å²) in [5, 5.41) is 0. The molecule has 3 unspecified atom stereocenters. The predicted octanol–water partition coefficient (Wildman–Crippen LogP) is 7.46. The van der Waals surface area contributed by atoms with Gasteiger partial charge in [-0.3, -0.25) is 4.79 Å². The van der Waals surface area contributed by atoms with Crippen LogP contribution in [-0.4, -0.2) is 16.3 Å². The van der Waals surface area contributed by atoms with Gasteiger partial charge in [0, 0.05) is 4.75 Å². The zero-order chi connectivity index (χ0) is 21.1. The van der Waals surface area contributed by atoms with Crippen LogP contribution in [0.5, 0.6) is 0 Å². The van der Waals surface area contributed by atoms with Gasteiger partial charge >= 0.3 is 5.97 Å². The first-order chi connectivity index (χ1) is 12.2. The molecule has 2 nitrogen and oxygen atoms in total. The highest BCUT2D eigenvalue weighted by atomic mass is 32.1. The van der Waals surface area contributed by atoms with Crippen LogP contribution in [0.3, 0.4) is 0 Å². The van der Waals surface area contributed by atoms with E-state index in [0.717, 1.165) is 31.6 Å². The third-order valence-corrected chi connectivity index (χ3v) is 7.17. The van der Waals surface area contributed by atoms with Gasteiger partial charge in [-0.2, -0.15) is 12.6 Å². The van der Waals surface area contributed by atoms with Gasteiger partial charge in [0.1, 0.15) is 5.60 Å². The van der Waals surface area contributed by atoms with Crippen molar-refractivity contribution in [1.82, 2.24) is 0 Å². The Labute approximate surface area is 175 Å². The maximum Gasteiger partial charge on any atom is 0.312 e. The SMILES string of the molecule is CCCC(CC)(OC(=O)C(C)(CC(C)(C)S)C(C)(C)C)C(CC)CC1CC1. The van der Waals surface area contributed by atoms with Crippen molar-refractivity contribution < 1.29 is 9.53 Å². The van der Waals surface area contributed by atoms with Crippen LogP contribution >= 0.6 is 12.6 Å². The molecule has 1 rings (SSSR count). The highest BCUT2D eigenvalue weighted by Gasteiger charge is 2.51. The summed E-state index contributed by atoms with van der Waals surface area (Å²) in [6, 6.07) is 0. The quantitative estimate of drug-likeness (QED) is 0.289. The zero-order valence-corrected chi connectivity index (χ0v) is 20.5. The lowest BCUT2D eigenvalue weighted by molar-refractivity contribution is -0.189. The van der Waals surface area contributed by atoms with Crippen molar-refractivity contribution in [1.29, 1.82) is 0 Å². The Balaban J connectivity index is 3.21. The second-order valence-corrected chi connectivity index (χ2v) is 12.1. The Hall–Kier alpha value is -0.180. The van der Waals surface area contributed by atoms with Gasteiger partial charge in [-0.05, 0) is 56.3 Å². The molecule has 3 heteroatoms. The fourth-order valence-corrected chi connectivity index (χ4v) is 4.93. The third kappa shape index (κ3) is 6.41. The molecule has 1 aliphatic carbocycles. The van der Waals surface area contributed by atoms with E-state index in [1.807, 2.05) is 0 Å². The van der Waals surface area contributed by atoms with E-state index in [1.165, 1.54) is 19.3 Å². The third-order valence-electron chi connectivity index (χ3n) is 7.01. The van der Waals surface area contributed by atoms with E-state index >= 15 is 0 Å². The van der Waals surface area contributed by atoms with Crippen LogP contribution in [0.25, 0.3) is 0 Å². The summed E-state index contributed by atoms with van der Waals surface area (Å²) < 4.78 is 6.35. The van der Waals surface area contributed by atoms with Crippen LogP contribution in [0, 0.1) is 22.7 Å². The van der Waals surface area contributed by atoms with Crippen LogP contribution in [0.1, 0.15) is 114 Å². The van der Waals surface area contributed by atoms with E-state index in [1.54, 1.807) is 0 Å². The molecule has 27 heavy (non-hydrogen) atoms. The molecule has 0 aromatic rings. The summed E-state index contributed by atoms with van der Waals surface area (Å²) in [7, 11) is 0. The van der Waals surface area contributed by atoms with Crippen LogP contribution in [0.15, 0.2) is 0 Å². The summed E-state index contributed by atoms with van der Waals surface area (Å²) >= 11 is 4.75. The molecule has 0 amide bonds. The Bertz CT molecular complexity index is 484. The lowest BCUT2D eigenvalue weighted by Gasteiger charge is -2.47. The zero-order valence-electron chi connectivity index (χ0n) is 19.6. The number of thiol groups is 1. The van der Waals surface area contributed by atoms with Gasteiger partial charge in [0.05, 0.1) is 5.41 Å². The predicted molar refractivity (Wildman–Crippen MR) is 120 cm³/mol. The highest BCUT2D eigenvalue weighted by Crippen LogP contribution is 2.50. The highest BCUT2D eigenvalue weighted by molar-refractivity contribution is 7.81. The molecule has 0 bridgehead atoms. The first-order valence-corrected chi connectivity index (χ1v) is 11.6. The van der Waals surface area contributed by atoms with E-state index in [4.69, 9.17) is 17.4 Å². The molecule has 3 atom stereocenters. The molecule has 0 N–H and O–H groups in total. The van der Waals surface area contributed by atoms with E-state index in [9.17, 15) is 4.79 Å². The Morgan fingerprint density at radius 2 is 1.63 bits per heavy atom. The molecule has 0 heterocycles. The molecule has 0 aromatic heterocycles. The molecule has 0 radical (unpaired) electrons. The smallest absolute Gasteiger partial charge is 0.312 e. The normalized spacial score (nSPS) is 21.3. The molecule has 0 spiro atoms. The van der Waals surface area contributed by atoms with Gasteiger partial charge < -0.3 is 4.74 Å². The molecule has 160 valence electrons. The second-order valence-electron chi connectivity index (χ2n) is 10.9. The van der Waals surface area contributed by atoms with Crippen molar-refractivity contribution in [2.75, 3.05) is 0 Å². The van der Waals surface area contributed by atoms with E-state index in [2.05, 4.69) is 62.3 Å². The number of carbonyl (C=O) groups is 1.